The highest BCUT2D eigenvalue weighted by atomic mass is 16.2. The molecule has 114 valence electrons. The van der Waals surface area contributed by atoms with Crippen LogP contribution in [0.3, 0.4) is 0 Å². The van der Waals surface area contributed by atoms with E-state index in [4.69, 9.17) is 0 Å². The largest absolute Gasteiger partial charge is 0.327 e. The van der Waals surface area contributed by atoms with E-state index in [1.165, 1.54) is 29.5 Å². The number of likely N-dealkylation sites (tertiary alicyclic amines) is 1. The number of hydrazone groups is 1. The Hall–Kier alpha value is -2.20. The molecule has 0 atom stereocenters. The van der Waals surface area contributed by atoms with Crippen molar-refractivity contribution < 1.29 is 9.69 Å². The molecule has 0 unspecified atom stereocenters. The van der Waals surface area contributed by atoms with Gasteiger partial charge in [0.25, 0.3) is 5.91 Å². The van der Waals surface area contributed by atoms with Crippen LogP contribution in [0.15, 0.2) is 47.6 Å². The lowest BCUT2D eigenvalue weighted by Gasteiger charge is -2.22. The van der Waals surface area contributed by atoms with E-state index in [1.807, 2.05) is 24.3 Å². The Kier molecular flexibility index (Phi) is 4.81. The Bertz CT molecular complexity index is 670. The fourth-order valence-electron chi connectivity index (χ4n) is 3.03. The summed E-state index contributed by atoms with van der Waals surface area (Å²) in [5.74, 6) is -0.00612. The average molecular weight is 296 g/mol. The van der Waals surface area contributed by atoms with Gasteiger partial charge >= 0.3 is 0 Å². The third-order valence-corrected chi connectivity index (χ3v) is 4.19. The summed E-state index contributed by atoms with van der Waals surface area (Å²) in [5.41, 5.74) is 3.67. The SMILES string of the molecule is O=C(C[NH+]1CCCCC1)N/N=C\c1cccc2ccccc12. The predicted molar refractivity (Wildman–Crippen MR) is 89.1 cm³/mol. The van der Waals surface area contributed by atoms with Crippen LogP contribution in [0.2, 0.25) is 0 Å². The van der Waals surface area contributed by atoms with Crippen LogP contribution in [0.4, 0.5) is 0 Å². The number of amides is 1. The lowest BCUT2D eigenvalue weighted by molar-refractivity contribution is -0.896. The number of piperidine rings is 1. The predicted octanol–water partition coefficient (Wildman–Crippen LogP) is 1.36. The number of nitrogens with one attached hydrogen (secondary N) is 2. The summed E-state index contributed by atoms with van der Waals surface area (Å²) in [6.45, 7) is 2.72. The van der Waals surface area contributed by atoms with Crippen LogP contribution >= 0.6 is 0 Å². The maximum absolute atomic E-state index is 11.9. The van der Waals surface area contributed by atoms with Crippen molar-refractivity contribution in [3.05, 3.63) is 48.0 Å². The maximum atomic E-state index is 11.9. The first-order chi connectivity index (χ1) is 10.8. The molecule has 0 saturated carbocycles. The summed E-state index contributed by atoms with van der Waals surface area (Å²) in [4.78, 5) is 13.3. The van der Waals surface area contributed by atoms with E-state index in [-0.39, 0.29) is 5.91 Å². The maximum Gasteiger partial charge on any atom is 0.295 e. The number of hydrogen-bond donors (Lipinski definition) is 2. The second-order valence-electron chi connectivity index (χ2n) is 5.85. The van der Waals surface area contributed by atoms with Crippen LogP contribution in [0.5, 0.6) is 0 Å². The third kappa shape index (κ3) is 3.71. The monoisotopic (exact) mass is 296 g/mol. The number of rotatable bonds is 4. The highest BCUT2D eigenvalue weighted by Crippen LogP contribution is 2.16. The molecule has 0 aliphatic carbocycles. The first-order valence-corrected chi connectivity index (χ1v) is 7.96. The second kappa shape index (κ2) is 7.18. The van der Waals surface area contributed by atoms with E-state index >= 15 is 0 Å². The van der Waals surface area contributed by atoms with Crippen LogP contribution in [-0.2, 0) is 4.79 Å². The van der Waals surface area contributed by atoms with Crippen molar-refractivity contribution in [3.63, 3.8) is 0 Å². The van der Waals surface area contributed by atoms with Gasteiger partial charge in [-0.3, -0.25) is 4.79 Å². The molecule has 1 aliphatic rings. The van der Waals surface area contributed by atoms with E-state index in [2.05, 4.69) is 28.7 Å². The second-order valence-corrected chi connectivity index (χ2v) is 5.85. The molecule has 4 nitrogen and oxygen atoms in total. The van der Waals surface area contributed by atoms with Crippen molar-refractivity contribution in [2.45, 2.75) is 19.3 Å². The van der Waals surface area contributed by atoms with Crippen molar-refractivity contribution in [3.8, 4) is 0 Å². The summed E-state index contributed by atoms with van der Waals surface area (Å²) in [6, 6.07) is 14.3. The number of quaternary nitrogens is 1. The van der Waals surface area contributed by atoms with Gasteiger partial charge in [0.05, 0.1) is 19.3 Å². The van der Waals surface area contributed by atoms with Gasteiger partial charge in [0.2, 0.25) is 0 Å². The van der Waals surface area contributed by atoms with Crippen molar-refractivity contribution >= 4 is 22.9 Å². The minimum Gasteiger partial charge on any atom is -0.327 e. The van der Waals surface area contributed by atoms with Crippen LogP contribution in [0.1, 0.15) is 24.8 Å². The normalized spacial score (nSPS) is 16.2. The third-order valence-electron chi connectivity index (χ3n) is 4.19. The number of benzene rings is 2. The Balaban J connectivity index is 1.60. The van der Waals surface area contributed by atoms with E-state index in [1.54, 1.807) is 6.21 Å². The quantitative estimate of drug-likeness (QED) is 0.649. The van der Waals surface area contributed by atoms with Crippen LogP contribution in [0.25, 0.3) is 10.8 Å². The molecule has 2 N–H and O–H groups in total. The minimum absolute atomic E-state index is 0.00612. The molecule has 4 heteroatoms. The Morgan fingerprint density at radius 3 is 2.73 bits per heavy atom. The summed E-state index contributed by atoms with van der Waals surface area (Å²) < 4.78 is 0. The first-order valence-electron chi connectivity index (χ1n) is 7.96. The Morgan fingerprint density at radius 2 is 1.86 bits per heavy atom. The fourth-order valence-corrected chi connectivity index (χ4v) is 3.03. The van der Waals surface area contributed by atoms with Gasteiger partial charge in [-0.1, -0.05) is 42.5 Å². The Labute approximate surface area is 130 Å². The standard InChI is InChI=1S/C18H21N3O/c22-18(14-21-11-4-1-5-12-21)20-19-13-16-9-6-8-15-7-2-3-10-17(15)16/h2-3,6-10,13H,1,4-5,11-12,14H2,(H,20,22)/p+1/b19-13-. The molecule has 1 aliphatic heterocycles. The first kappa shape index (κ1) is 14.7. The highest BCUT2D eigenvalue weighted by molar-refractivity contribution is 5.99. The Morgan fingerprint density at radius 1 is 1.09 bits per heavy atom. The van der Waals surface area contributed by atoms with E-state index in [0.717, 1.165) is 24.0 Å². The summed E-state index contributed by atoms with van der Waals surface area (Å²) in [7, 11) is 0. The topological polar surface area (TPSA) is 45.9 Å². The summed E-state index contributed by atoms with van der Waals surface area (Å²) in [5, 5.41) is 6.44. The molecular weight excluding hydrogens is 274 g/mol. The number of hydrogen-bond acceptors (Lipinski definition) is 2. The lowest BCUT2D eigenvalue weighted by atomic mass is 10.1. The molecule has 0 bridgehead atoms. The molecule has 0 aromatic heterocycles. The molecule has 22 heavy (non-hydrogen) atoms. The number of carbonyl (C=O) groups is 1. The van der Waals surface area contributed by atoms with Crippen molar-refractivity contribution in [1.29, 1.82) is 0 Å². The average Bonchev–Trinajstić information content (AvgIpc) is 2.56. The fraction of sp³-hybridized carbons (Fsp3) is 0.333. The van der Waals surface area contributed by atoms with E-state index in [9.17, 15) is 4.79 Å². The smallest absolute Gasteiger partial charge is 0.295 e. The van der Waals surface area contributed by atoms with Crippen LogP contribution in [0, 0.1) is 0 Å². The van der Waals surface area contributed by atoms with Gasteiger partial charge in [-0.25, -0.2) is 5.43 Å². The van der Waals surface area contributed by atoms with Crippen molar-refractivity contribution in [1.82, 2.24) is 5.43 Å². The van der Waals surface area contributed by atoms with Gasteiger partial charge in [0.15, 0.2) is 6.54 Å². The van der Waals surface area contributed by atoms with Gasteiger partial charge in [0.1, 0.15) is 0 Å². The molecule has 0 spiro atoms. The zero-order valence-electron chi connectivity index (χ0n) is 12.7. The molecular formula is C18H22N3O+. The molecule has 1 fully saturated rings. The zero-order valence-corrected chi connectivity index (χ0v) is 12.7. The molecule has 1 saturated heterocycles. The number of fused-ring (bicyclic) bond motifs is 1. The summed E-state index contributed by atoms with van der Waals surface area (Å²) in [6.07, 6.45) is 5.47. The number of carbonyl (C=O) groups excluding carboxylic acids is 1. The lowest BCUT2D eigenvalue weighted by Crippen LogP contribution is -3.13. The van der Waals surface area contributed by atoms with E-state index in [0.29, 0.717) is 6.54 Å². The van der Waals surface area contributed by atoms with Crippen molar-refractivity contribution in [2.75, 3.05) is 19.6 Å². The van der Waals surface area contributed by atoms with Crippen LogP contribution < -0.4 is 10.3 Å². The molecule has 3 rings (SSSR count). The highest BCUT2D eigenvalue weighted by Gasteiger charge is 2.16. The molecule has 0 radical (unpaired) electrons. The zero-order chi connectivity index (χ0) is 15.2. The molecule has 2 aromatic rings. The van der Waals surface area contributed by atoms with Gasteiger partial charge in [-0.15, -0.1) is 0 Å². The van der Waals surface area contributed by atoms with Crippen LogP contribution in [-0.4, -0.2) is 31.8 Å². The molecule has 1 amide bonds. The molecule has 1 heterocycles. The number of nitrogens with zero attached hydrogens (tertiary/aromatic N) is 1. The van der Waals surface area contributed by atoms with Gasteiger partial charge in [-0.2, -0.15) is 5.10 Å². The van der Waals surface area contributed by atoms with Gasteiger partial charge in [-0.05, 0) is 30.0 Å². The minimum atomic E-state index is -0.00612. The van der Waals surface area contributed by atoms with E-state index < -0.39 is 0 Å². The summed E-state index contributed by atoms with van der Waals surface area (Å²) >= 11 is 0. The molecule has 2 aromatic carbocycles. The van der Waals surface area contributed by atoms with Gasteiger partial charge < -0.3 is 4.90 Å². The van der Waals surface area contributed by atoms with Crippen molar-refractivity contribution in [2.24, 2.45) is 5.10 Å². The van der Waals surface area contributed by atoms with Gasteiger partial charge in [0, 0.05) is 5.56 Å².